The minimum Gasteiger partial charge on any atom is -0.311 e. The quantitative estimate of drug-likeness (QED) is 0.0475. The predicted molar refractivity (Wildman–Crippen MR) is 541 cm³/mol. The zero-order valence-electron chi connectivity index (χ0n) is 71.0. The van der Waals surface area contributed by atoms with Gasteiger partial charge in [-0.15, -0.1) is 0 Å². The number of fused-ring (bicyclic) bond motifs is 1. The number of rotatable bonds is 27. The Morgan fingerprint density at radius 2 is 0.347 bits per heavy atom. The van der Waals surface area contributed by atoms with Crippen LogP contribution in [0.4, 0.5) is 51.2 Å². The first-order valence-electron chi connectivity index (χ1n) is 42.9. The zero-order valence-corrected chi connectivity index (χ0v) is 71.0. The molecule has 0 aliphatic heterocycles. The summed E-state index contributed by atoms with van der Waals surface area (Å²) in [7, 11) is 0. The van der Waals surface area contributed by atoms with Crippen molar-refractivity contribution in [1.82, 2.24) is 0 Å². The van der Waals surface area contributed by atoms with Crippen molar-refractivity contribution in [2.45, 2.75) is 46.5 Å². The summed E-state index contributed by atoms with van der Waals surface area (Å²) in [5, 5.41) is 0. The van der Waals surface area contributed by atoms with Crippen LogP contribution in [0.2, 0.25) is 0 Å². The van der Waals surface area contributed by atoms with Crippen LogP contribution in [0.5, 0.6) is 0 Å². The summed E-state index contributed by atoms with van der Waals surface area (Å²) < 4.78 is 0. The van der Waals surface area contributed by atoms with E-state index < -0.39 is 0 Å². The Hall–Kier alpha value is -15.4. The maximum absolute atomic E-state index is 2.43. The molecule has 15 aromatic carbocycles. The molecule has 0 atom stereocenters. The van der Waals surface area contributed by atoms with Crippen LogP contribution in [0.3, 0.4) is 0 Å². The number of hydrogen-bond donors (Lipinski definition) is 0. The maximum atomic E-state index is 2.43. The van der Waals surface area contributed by atoms with E-state index in [1.165, 1.54) is 102 Å². The van der Waals surface area contributed by atoms with E-state index in [0.29, 0.717) is 0 Å². The van der Waals surface area contributed by atoms with Crippen molar-refractivity contribution < 1.29 is 0 Å². The van der Waals surface area contributed by atoms with E-state index in [0.717, 1.165) is 69.2 Å². The van der Waals surface area contributed by atoms with Crippen molar-refractivity contribution in [3.63, 3.8) is 0 Å². The molecule has 0 bridgehead atoms. The molecule has 3 heteroatoms. The fraction of sp³-hybridized carbons (Fsp3) is 0.0579. The second kappa shape index (κ2) is 45.7. The number of benzene rings is 15. The van der Waals surface area contributed by atoms with Gasteiger partial charge in [0.2, 0.25) is 0 Å². The Kier molecular flexibility index (Phi) is 31.3. The highest BCUT2D eigenvalue weighted by Gasteiger charge is 2.21. The van der Waals surface area contributed by atoms with E-state index in [-0.39, 0.29) is 0 Å². The molecule has 1 aliphatic carbocycles. The lowest BCUT2D eigenvalue weighted by atomic mass is 9.90. The summed E-state index contributed by atoms with van der Waals surface area (Å²) in [6.07, 6.45) is 55.5. The standard InChI is InChI=1S/C42H37N.C40H35N.C39H33N/c1-3-14-34(15-4-1)18-7-9-20-36-26-30-39(31-27-36)43(42-25-13-23-38-22-11-12-24-41(38)42)40-32-28-37(29-33-40)21-10-8-19-35-16-5-2-6-17-35;1-32-16-20-34(21-17-32)10-6-8-12-36-24-28-39(29-25-36)41(38-14-4-3-5-15-38)40-30-26-37(27-31-40)13-9-7-11-35-22-18-33(2)19-23-35;1-32-20-26-37(27-21-32)40(38-28-22-35(23-29-38)18-10-8-16-33-12-4-2-5-13-33)39-30-24-36(25-31-39)19-11-9-17-34-14-6-3-7-15-34/h1-10,13-21,23,25-33H,11-12,22,24H2;3-31H,1-2H3;2-31H,1H3. The van der Waals surface area contributed by atoms with E-state index in [2.05, 4.69) is 545 Å². The molecule has 0 heterocycles. The first kappa shape index (κ1) is 85.0. The summed E-state index contributed by atoms with van der Waals surface area (Å²) >= 11 is 0. The first-order chi connectivity index (χ1) is 61.2. The Labute approximate surface area is 736 Å². The summed E-state index contributed by atoms with van der Waals surface area (Å²) in [4.78, 5) is 7.01. The number of anilines is 9. The van der Waals surface area contributed by atoms with E-state index in [1.54, 1.807) is 0 Å². The van der Waals surface area contributed by atoms with Gasteiger partial charge < -0.3 is 14.7 Å². The lowest BCUT2D eigenvalue weighted by molar-refractivity contribution is 0.686. The largest absolute Gasteiger partial charge is 0.311 e. The van der Waals surface area contributed by atoms with Crippen LogP contribution in [0.25, 0.3) is 72.9 Å². The average Bonchev–Trinajstić information content (AvgIpc) is 0.784. The lowest BCUT2D eigenvalue weighted by Gasteiger charge is -2.30. The molecule has 124 heavy (non-hydrogen) atoms. The van der Waals surface area contributed by atoms with Crippen molar-refractivity contribution in [1.29, 1.82) is 0 Å². The molecule has 0 saturated carbocycles. The van der Waals surface area contributed by atoms with Crippen molar-refractivity contribution in [2.24, 2.45) is 0 Å². The molecular weight excluding hydrogens is 1500 g/mol. The molecule has 3 nitrogen and oxygen atoms in total. The Morgan fingerprint density at radius 3 is 0.597 bits per heavy atom. The number of hydrogen-bond acceptors (Lipinski definition) is 3. The molecule has 0 saturated heterocycles. The zero-order chi connectivity index (χ0) is 84.8. The Morgan fingerprint density at radius 1 is 0.161 bits per heavy atom. The van der Waals surface area contributed by atoms with Crippen molar-refractivity contribution in [2.75, 3.05) is 14.7 Å². The van der Waals surface area contributed by atoms with Gasteiger partial charge in [0.25, 0.3) is 0 Å². The third-order valence-electron chi connectivity index (χ3n) is 21.3. The molecule has 0 radical (unpaired) electrons. The van der Waals surface area contributed by atoms with Crippen LogP contribution in [0.15, 0.2) is 461 Å². The smallest absolute Gasteiger partial charge is 0.0496 e. The number of allylic oxidation sites excluding steroid dienone is 12. The summed E-state index contributed by atoms with van der Waals surface area (Å²) in [6, 6.07) is 137. The monoisotopic (exact) mass is 1600 g/mol. The SMILES string of the molecule is C(C=Cc1ccc(N(c2ccc(C=CC=Cc3ccccc3)cc2)c2cccc3c2CCCC3)cc1)=Cc1ccccc1.Cc1ccc(C=CC=Cc2ccc(N(c3ccccc3)c3ccc(C=CC=Cc4ccc(C)cc4)cc3)cc2)cc1.Cc1ccc(N(c2ccc(C=CC=Cc3ccccc3)cc2)c2ccc(C=CC=Cc3ccccc3)cc2)cc1. The maximum Gasteiger partial charge on any atom is 0.0496 e. The highest BCUT2D eigenvalue weighted by molar-refractivity contribution is 5.83. The predicted octanol–water partition coefficient (Wildman–Crippen LogP) is 33.6. The topological polar surface area (TPSA) is 9.72 Å². The van der Waals surface area contributed by atoms with Crippen LogP contribution < -0.4 is 14.7 Å². The Balaban J connectivity index is 0.000000151. The third kappa shape index (κ3) is 26.0. The van der Waals surface area contributed by atoms with Gasteiger partial charge in [-0.2, -0.15) is 0 Å². The van der Waals surface area contributed by atoms with Gasteiger partial charge in [0.1, 0.15) is 0 Å². The van der Waals surface area contributed by atoms with Crippen molar-refractivity contribution in [3.05, 3.63) is 556 Å². The number of aryl methyl sites for hydroxylation is 4. The molecule has 16 rings (SSSR count). The molecule has 0 spiro atoms. The van der Waals surface area contributed by atoms with Gasteiger partial charge in [0.05, 0.1) is 0 Å². The van der Waals surface area contributed by atoms with E-state index >= 15 is 0 Å². The normalized spacial score (nSPS) is 12.3. The first-order valence-corrected chi connectivity index (χ1v) is 42.9. The highest BCUT2D eigenvalue weighted by Crippen LogP contribution is 2.42. The molecule has 15 aromatic rings. The molecule has 604 valence electrons. The van der Waals surface area contributed by atoms with Gasteiger partial charge in [-0.3, -0.25) is 0 Å². The van der Waals surface area contributed by atoms with E-state index in [1.807, 2.05) is 24.3 Å². The van der Waals surface area contributed by atoms with Gasteiger partial charge in [-0.1, -0.05) is 448 Å². The van der Waals surface area contributed by atoms with Gasteiger partial charge in [0.15, 0.2) is 0 Å². The minimum atomic E-state index is 1.12. The van der Waals surface area contributed by atoms with Gasteiger partial charge in [-0.25, -0.2) is 0 Å². The molecule has 0 unspecified atom stereocenters. The fourth-order valence-corrected chi connectivity index (χ4v) is 14.6. The van der Waals surface area contributed by atoms with Crippen LogP contribution in [0.1, 0.15) is 107 Å². The molecular formula is C121H105N3. The van der Waals surface area contributed by atoms with Gasteiger partial charge in [0, 0.05) is 51.2 Å². The Bertz CT molecular complexity index is 5850. The summed E-state index contributed by atoms with van der Waals surface area (Å²) in [5.74, 6) is 0. The molecule has 1 aliphatic rings. The molecule has 0 N–H and O–H groups in total. The van der Waals surface area contributed by atoms with Crippen LogP contribution >= 0.6 is 0 Å². The molecule has 0 aromatic heterocycles. The van der Waals surface area contributed by atoms with Crippen molar-refractivity contribution in [3.8, 4) is 0 Å². The summed E-state index contributed by atoms with van der Waals surface area (Å²) in [5.41, 5.74) is 31.4. The average molecular weight is 1600 g/mol. The van der Waals surface area contributed by atoms with Crippen LogP contribution in [-0.4, -0.2) is 0 Å². The van der Waals surface area contributed by atoms with Gasteiger partial charge >= 0.3 is 0 Å². The highest BCUT2D eigenvalue weighted by atomic mass is 15.2. The number of nitrogens with zero attached hydrogens (tertiary/aromatic N) is 3. The van der Waals surface area contributed by atoms with Gasteiger partial charge in [-0.05, 0) is 227 Å². The fourth-order valence-electron chi connectivity index (χ4n) is 14.6. The van der Waals surface area contributed by atoms with Crippen molar-refractivity contribution >= 4 is 124 Å². The summed E-state index contributed by atoms with van der Waals surface area (Å²) in [6.45, 7) is 6.33. The van der Waals surface area contributed by atoms with E-state index in [4.69, 9.17) is 0 Å². The lowest BCUT2D eigenvalue weighted by Crippen LogP contribution is -2.15. The van der Waals surface area contributed by atoms with E-state index in [9.17, 15) is 0 Å². The second-order valence-corrected chi connectivity index (χ2v) is 30.6. The third-order valence-corrected chi connectivity index (χ3v) is 21.3. The second-order valence-electron chi connectivity index (χ2n) is 30.6. The molecule has 0 amide bonds. The molecule has 0 fully saturated rings. The minimum absolute atomic E-state index is 1.12. The van der Waals surface area contributed by atoms with Crippen LogP contribution in [0, 0.1) is 20.8 Å². The van der Waals surface area contributed by atoms with Crippen LogP contribution in [-0.2, 0) is 12.8 Å². The number of para-hydroxylation sites is 1.